The third kappa shape index (κ3) is 4.04. The summed E-state index contributed by atoms with van der Waals surface area (Å²) in [6.07, 6.45) is -1.67. The zero-order valence-corrected chi connectivity index (χ0v) is 16.4. The monoisotopic (exact) mass is 452 g/mol. The Kier molecular flexibility index (Phi) is 5.05. The number of hydrogen-bond donors (Lipinski definition) is 3. The first kappa shape index (κ1) is 20.7. The number of carbonyl (C=O) groups is 1. The summed E-state index contributed by atoms with van der Waals surface area (Å²) in [5.74, 6) is -0.618. The number of alkyl halides is 3. The smallest absolute Gasteiger partial charge is 0.359 e. The van der Waals surface area contributed by atoms with Gasteiger partial charge in [0, 0.05) is 24.5 Å². The first-order chi connectivity index (χ1) is 14.6. The van der Waals surface area contributed by atoms with E-state index in [2.05, 4.69) is 25.9 Å². The van der Waals surface area contributed by atoms with E-state index in [4.69, 9.17) is 11.6 Å². The van der Waals surface area contributed by atoms with Gasteiger partial charge < -0.3 is 15.6 Å². The Morgan fingerprint density at radius 2 is 1.97 bits per heavy atom. The number of urea groups is 1. The fourth-order valence-electron chi connectivity index (χ4n) is 3.06. The van der Waals surface area contributed by atoms with Gasteiger partial charge in [-0.05, 0) is 30.3 Å². The number of aromatic nitrogens is 4. The fraction of sp³-hybridized carbons (Fsp3) is 0.105. The van der Waals surface area contributed by atoms with Crippen molar-refractivity contribution in [2.75, 3.05) is 10.6 Å². The van der Waals surface area contributed by atoms with Crippen LogP contribution in [0.4, 0.5) is 33.7 Å². The van der Waals surface area contributed by atoms with E-state index in [1.807, 2.05) is 0 Å². The van der Waals surface area contributed by atoms with Crippen LogP contribution < -0.4 is 10.6 Å². The standard InChI is InChI=1S/C19H13ClF4N6O/c1-30-8-15(28-29-30)10-3-5-13-16(17(10)21)14(7-25-13)27-18(31)26-9-2-4-11(12(20)6-9)19(22,23)24/h2-8,25H,1H3,(H2,26,27,31). The lowest BCUT2D eigenvalue weighted by Crippen LogP contribution is -2.19. The quantitative estimate of drug-likeness (QED) is 0.363. The minimum Gasteiger partial charge on any atom is -0.359 e. The van der Waals surface area contributed by atoms with Gasteiger partial charge in [0.15, 0.2) is 0 Å². The molecule has 0 atom stereocenters. The van der Waals surface area contributed by atoms with Crippen LogP contribution in [0.3, 0.4) is 0 Å². The molecule has 0 aliphatic heterocycles. The van der Waals surface area contributed by atoms with Gasteiger partial charge in [-0.3, -0.25) is 4.68 Å². The Morgan fingerprint density at radius 3 is 2.61 bits per heavy atom. The summed E-state index contributed by atoms with van der Waals surface area (Å²) in [5, 5.41) is 12.1. The molecule has 0 unspecified atom stereocenters. The van der Waals surface area contributed by atoms with Gasteiger partial charge in [-0.15, -0.1) is 5.10 Å². The molecule has 2 heterocycles. The van der Waals surface area contributed by atoms with Gasteiger partial charge in [0.05, 0.1) is 33.4 Å². The number of halogens is 5. The molecule has 0 aliphatic rings. The van der Waals surface area contributed by atoms with Gasteiger partial charge >= 0.3 is 12.2 Å². The molecule has 0 spiro atoms. The molecule has 0 radical (unpaired) electrons. The summed E-state index contributed by atoms with van der Waals surface area (Å²) in [6, 6.07) is 5.17. The van der Waals surface area contributed by atoms with Crippen LogP contribution in [0.2, 0.25) is 5.02 Å². The van der Waals surface area contributed by atoms with Gasteiger partial charge in [0.2, 0.25) is 0 Å². The predicted molar refractivity (Wildman–Crippen MR) is 107 cm³/mol. The number of aromatic amines is 1. The number of amides is 2. The Morgan fingerprint density at radius 1 is 1.19 bits per heavy atom. The van der Waals surface area contributed by atoms with Crippen molar-refractivity contribution >= 4 is 39.9 Å². The zero-order chi connectivity index (χ0) is 22.3. The molecule has 31 heavy (non-hydrogen) atoms. The lowest BCUT2D eigenvalue weighted by Gasteiger charge is -2.11. The zero-order valence-electron chi connectivity index (χ0n) is 15.7. The van der Waals surface area contributed by atoms with E-state index in [9.17, 15) is 18.0 Å². The van der Waals surface area contributed by atoms with Crippen LogP contribution in [0.15, 0.2) is 42.7 Å². The summed E-state index contributed by atoms with van der Waals surface area (Å²) < 4.78 is 55.0. The Labute approximate surface area is 177 Å². The lowest BCUT2D eigenvalue weighted by atomic mass is 10.1. The largest absolute Gasteiger partial charge is 0.417 e. The summed E-state index contributed by atoms with van der Waals surface area (Å²) in [5.41, 5.74) is 0.0919. The van der Waals surface area contributed by atoms with E-state index in [1.54, 1.807) is 19.3 Å². The van der Waals surface area contributed by atoms with Crippen LogP contribution in [0.5, 0.6) is 0 Å². The van der Waals surface area contributed by atoms with Crippen molar-refractivity contribution in [3.05, 3.63) is 59.1 Å². The molecule has 4 aromatic rings. The molecule has 7 nitrogen and oxygen atoms in total. The minimum absolute atomic E-state index is 0.0380. The van der Waals surface area contributed by atoms with Gasteiger partial charge in [0.25, 0.3) is 0 Å². The number of aryl methyl sites for hydroxylation is 1. The highest BCUT2D eigenvalue weighted by molar-refractivity contribution is 6.31. The third-order valence-electron chi connectivity index (χ3n) is 4.44. The van der Waals surface area contributed by atoms with E-state index >= 15 is 4.39 Å². The molecule has 160 valence electrons. The number of anilines is 2. The van der Waals surface area contributed by atoms with Crippen LogP contribution in [-0.4, -0.2) is 26.0 Å². The number of carbonyl (C=O) groups excluding carboxylic acids is 1. The van der Waals surface area contributed by atoms with Crippen molar-refractivity contribution in [1.82, 2.24) is 20.0 Å². The molecular weight excluding hydrogens is 440 g/mol. The molecule has 2 amide bonds. The van der Waals surface area contributed by atoms with Crippen LogP contribution in [0.25, 0.3) is 22.2 Å². The summed E-state index contributed by atoms with van der Waals surface area (Å²) in [6.45, 7) is 0. The molecule has 0 fully saturated rings. The van der Waals surface area contributed by atoms with E-state index < -0.39 is 28.6 Å². The van der Waals surface area contributed by atoms with Crippen LogP contribution >= 0.6 is 11.6 Å². The number of nitrogens with zero attached hydrogens (tertiary/aromatic N) is 3. The van der Waals surface area contributed by atoms with Crippen LogP contribution in [-0.2, 0) is 13.2 Å². The molecule has 0 bridgehead atoms. The second kappa shape index (κ2) is 7.58. The Balaban J connectivity index is 1.59. The van der Waals surface area contributed by atoms with E-state index in [0.29, 0.717) is 11.2 Å². The second-order valence-corrected chi connectivity index (χ2v) is 7.01. The molecule has 0 saturated heterocycles. The average Bonchev–Trinajstić information content (AvgIpc) is 3.28. The van der Waals surface area contributed by atoms with E-state index in [0.717, 1.165) is 18.2 Å². The highest BCUT2D eigenvalue weighted by Gasteiger charge is 2.33. The minimum atomic E-state index is -4.61. The van der Waals surface area contributed by atoms with Gasteiger partial charge in [-0.25, -0.2) is 9.18 Å². The van der Waals surface area contributed by atoms with Crippen molar-refractivity contribution in [3.8, 4) is 11.3 Å². The maximum absolute atomic E-state index is 15.2. The fourth-order valence-corrected chi connectivity index (χ4v) is 3.34. The molecule has 3 N–H and O–H groups in total. The topological polar surface area (TPSA) is 87.6 Å². The van der Waals surface area contributed by atoms with Crippen molar-refractivity contribution in [2.45, 2.75) is 6.18 Å². The third-order valence-corrected chi connectivity index (χ3v) is 4.76. The maximum atomic E-state index is 15.2. The van der Waals surface area contributed by atoms with Crippen molar-refractivity contribution < 1.29 is 22.4 Å². The average molecular weight is 453 g/mol. The van der Waals surface area contributed by atoms with Crippen molar-refractivity contribution in [2.24, 2.45) is 7.05 Å². The lowest BCUT2D eigenvalue weighted by molar-refractivity contribution is -0.137. The number of rotatable bonds is 3. The van der Waals surface area contributed by atoms with E-state index in [1.165, 1.54) is 16.9 Å². The Hall–Kier alpha value is -3.60. The Bertz CT molecular complexity index is 1300. The van der Waals surface area contributed by atoms with Gasteiger partial charge in [-0.2, -0.15) is 13.2 Å². The summed E-state index contributed by atoms with van der Waals surface area (Å²) in [7, 11) is 1.65. The molecule has 4 rings (SSSR count). The van der Waals surface area contributed by atoms with Gasteiger partial charge in [0.1, 0.15) is 11.5 Å². The normalized spacial score (nSPS) is 11.7. The van der Waals surface area contributed by atoms with Crippen molar-refractivity contribution in [1.29, 1.82) is 0 Å². The number of hydrogen-bond acceptors (Lipinski definition) is 3. The number of benzene rings is 2. The molecule has 2 aromatic heterocycles. The summed E-state index contributed by atoms with van der Waals surface area (Å²) in [4.78, 5) is 15.2. The number of H-pyrrole nitrogens is 1. The summed E-state index contributed by atoms with van der Waals surface area (Å²) >= 11 is 5.66. The molecule has 12 heteroatoms. The SMILES string of the molecule is Cn1cc(-c2ccc3[nH]cc(NC(=O)Nc4ccc(C(F)(F)F)c(Cl)c4)c3c2F)nn1. The molecule has 0 saturated carbocycles. The van der Waals surface area contributed by atoms with Gasteiger partial charge in [-0.1, -0.05) is 16.8 Å². The maximum Gasteiger partial charge on any atom is 0.417 e. The number of nitrogens with one attached hydrogen (secondary N) is 3. The van der Waals surface area contributed by atoms with Crippen molar-refractivity contribution in [3.63, 3.8) is 0 Å². The van der Waals surface area contributed by atoms with E-state index in [-0.39, 0.29) is 22.3 Å². The predicted octanol–water partition coefficient (Wildman–Crippen LogP) is 5.42. The first-order valence-electron chi connectivity index (χ1n) is 8.74. The first-order valence-corrected chi connectivity index (χ1v) is 9.12. The highest BCUT2D eigenvalue weighted by Crippen LogP contribution is 2.36. The van der Waals surface area contributed by atoms with Crippen LogP contribution in [0, 0.1) is 5.82 Å². The molecule has 2 aromatic carbocycles. The second-order valence-electron chi connectivity index (χ2n) is 6.60. The number of fused-ring (bicyclic) bond motifs is 1. The van der Waals surface area contributed by atoms with Crippen LogP contribution in [0.1, 0.15) is 5.56 Å². The molecule has 0 aliphatic carbocycles. The highest BCUT2D eigenvalue weighted by atomic mass is 35.5. The molecular formula is C19H13ClF4N6O.